The molecular weight excluding hydrogens is 925 g/mol. The predicted molar refractivity (Wildman–Crippen MR) is 244 cm³/mol. The van der Waals surface area contributed by atoms with Crippen LogP contribution in [0.15, 0.2) is 79.1 Å². The van der Waals surface area contributed by atoms with Gasteiger partial charge < -0.3 is 39.1 Å². The standard InChI is InChI=1S/C47H45ClFN7O13/c48-34-22-29(6-9-35(34)49)52-44-33-23-37(40(24-36(33)50-27-51-44)69-31-12-14-67-26-31)53-41(57)13-15-64-16-17-65-18-19-66-20-21-68-39-3-1-2-32-43(39)47(61)55(45(32)59)38-10-11-42(58)54(46(38)60)25-28-4-7-30(8-5-28)56(62)63/h1-9,22-24,27,31,38H,10-21,25-26H2,(H,53,57)(H,50,51,52)/t31-,38?/m0/s1. The summed E-state index contributed by atoms with van der Waals surface area (Å²) in [6.07, 6.45) is 1.75. The molecule has 1 aromatic heterocycles. The molecule has 2 atom stereocenters. The van der Waals surface area contributed by atoms with Crippen LogP contribution >= 0.6 is 11.6 Å². The molecule has 3 aliphatic rings. The fourth-order valence-corrected chi connectivity index (χ4v) is 7.99. The predicted octanol–water partition coefficient (Wildman–Crippen LogP) is 6.01. The van der Waals surface area contributed by atoms with Crippen molar-refractivity contribution in [3.05, 3.63) is 117 Å². The number of nitro groups is 1. The second-order valence-electron chi connectivity index (χ2n) is 15.9. The van der Waals surface area contributed by atoms with Crippen molar-refractivity contribution < 1.29 is 61.7 Å². The summed E-state index contributed by atoms with van der Waals surface area (Å²) in [7, 11) is 0. The van der Waals surface area contributed by atoms with Gasteiger partial charge in [-0.15, -0.1) is 0 Å². The lowest BCUT2D eigenvalue weighted by atomic mass is 10.0. The van der Waals surface area contributed by atoms with Crippen LogP contribution in [-0.2, 0) is 39.9 Å². The molecule has 1 unspecified atom stereocenters. The van der Waals surface area contributed by atoms with Gasteiger partial charge in [-0.25, -0.2) is 14.4 Å². The molecule has 2 saturated heterocycles. The van der Waals surface area contributed by atoms with E-state index in [1.807, 2.05) is 0 Å². The van der Waals surface area contributed by atoms with Gasteiger partial charge in [0.05, 0.1) is 98.1 Å². The van der Waals surface area contributed by atoms with Crippen LogP contribution < -0.4 is 20.1 Å². The number of carbonyl (C=O) groups is 5. The Bertz CT molecular complexity index is 2760. The maximum absolute atomic E-state index is 13.8. The van der Waals surface area contributed by atoms with Crippen LogP contribution in [0, 0.1) is 15.9 Å². The van der Waals surface area contributed by atoms with Gasteiger partial charge in [-0.05, 0) is 48.4 Å². The molecule has 0 aliphatic carbocycles. The second kappa shape index (κ2) is 22.3. The summed E-state index contributed by atoms with van der Waals surface area (Å²) in [5, 5.41) is 17.6. The number of nitro benzene ring substituents is 1. The lowest BCUT2D eigenvalue weighted by Gasteiger charge is -2.34. The molecule has 0 bridgehead atoms. The van der Waals surface area contributed by atoms with E-state index in [0.717, 1.165) is 9.80 Å². The minimum atomic E-state index is -1.23. The van der Waals surface area contributed by atoms with Crippen LogP contribution in [-0.4, -0.2) is 126 Å². The number of ether oxygens (including phenoxy) is 6. The van der Waals surface area contributed by atoms with E-state index >= 15 is 0 Å². The van der Waals surface area contributed by atoms with Crippen molar-refractivity contribution >= 4 is 74.9 Å². The summed E-state index contributed by atoms with van der Waals surface area (Å²) in [6.45, 7) is 1.95. The van der Waals surface area contributed by atoms with E-state index < -0.39 is 40.4 Å². The number of imide groups is 2. The highest BCUT2D eigenvalue weighted by atomic mass is 35.5. The summed E-state index contributed by atoms with van der Waals surface area (Å²) in [5.41, 5.74) is 1.83. The number of halogens is 2. The van der Waals surface area contributed by atoms with Crippen molar-refractivity contribution in [1.29, 1.82) is 0 Å². The smallest absolute Gasteiger partial charge is 0.269 e. The molecule has 0 radical (unpaired) electrons. The molecule has 5 aromatic rings. The van der Waals surface area contributed by atoms with Crippen molar-refractivity contribution in [3.63, 3.8) is 0 Å². The Balaban J connectivity index is 0.745. The Morgan fingerprint density at radius 3 is 2.36 bits per heavy atom. The lowest BCUT2D eigenvalue weighted by Crippen LogP contribution is -2.55. The Hall–Kier alpha value is -7.17. The first-order chi connectivity index (χ1) is 33.4. The highest BCUT2D eigenvalue weighted by Gasteiger charge is 2.48. The van der Waals surface area contributed by atoms with Crippen LogP contribution in [0.4, 0.5) is 27.3 Å². The van der Waals surface area contributed by atoms with Crippen molar-refractivity contribution in [1.82, 2.24) is 19.8 Å². The van der Waals surface area contributed by atoms with Crippen molar-refractivity contribution in [2.75, 3.05) is 70.1 Å². The number of piperidine rings is 1. The Morgan fingerprint density at radius 2 is 1.64 bits per heavy atom. The summed E-state index contributed by atoms with van der Waals surface area (Å²) >= 11 is 5.98. The SMILES string of the molecule is O=C(CCOCCOCCOCCOc1cccc2c1C(=O)N(C1CCC(=O)N(Cc3ccc([N+](=O)[O-])cc3)C1=O)C2=O)Nc1cc2c(Nc3ccc(F)c(Cl)c3)ncnc2cc1O[C@H]1CCOC1. The molecular formula is C47H45ClFN7O13. The van der Waals surface area contributed by atoms with Gasteiger partial charge in [-0.2, -0.15) is 0 Å². The van der Waals surface area contributed by atoms with E-state index in [9.17, 15) is 38.5 Å². The van der Waals surface area contributed by atoms with Gasteiger partial charge in [-0.3, -0.25) is 43.9 Å². The molecule has 2 N–H and O–H groups in total. The molecule has 22 heteroatoms. The molecule has 360 valence electrons. The minimum Gasteiger partial charge on any atom is -0.490 e. The number of rotatable bonds is 22. The van der Waals surface area contributed by atoms with Gasteiger partial charge in [0.25, 0.3) is 23.4 Å². The zero-order chi connectivity index (χ0) is 48.4. The topological polar surface area (TPSA) is 240 Å². The van der Waals surface area contributed by atoms with E-state index in [-0.39, 0.29) is 112 Å². The summed E-state index contributed by atoms with van der Waals surface area (Å²) in [4.78, 5) is 87.7. The molecule has 20 nitrogen and oxygen atoms in total. The first-order valence-electron chi connectivity index (χ1n) is 21.9. The molecule has 5 amide bonds. The molecule has 0 saturated carbocycles. The number of non-ortho nitro benzene ring substituents is 1. The number of aromatic nitrogens is 2. The van der Waals surface area contributed by atoms with Crippen LogP contribution in [0.2, 0.25) is 5.02 Å². The second-order valence-corrected chi connectivity index (χ2v) is 16.3. The van der Waals surface area contributed by atoms with E-state index in [1.165, 1.54) is 60.9 Å². The van der Waals surface area contributed by atoms with Crippen LogP contribution in [0.5, 0.6) is 11.5 Å². The minimum absolute atomic E-state index is 0.00452. The van der Waals surface area contributed by atoms with E-state index in [0.29, 0.717) is 59.0 Å². The maximum Gasteiger partial charge on any atom is 0.269 e. The highest BCUT2D eigenvalue weighted by Crippen LogP contribution is 2.37. The first-order valence-corrected chi connectivity index (χ1v) is 22.3. The van der Waals surface area contributed by atoms with Crippen molar-refractivity contribution in [2.45, 2.75) is 44.4 Å². The highest BCUT2D eigenvalue weighted by molar-refractivity contribution is 6.31. The molecule has 0 spiro atoms. The number of hydrogen-bond donors (Lipinski definition) is 2. The quantitative estimate of drug-likeness (QED) is 0.0349. The molecule has 4 aromatic carbocycles. The van der Waals surface area contributed by atoms with Crippen molar-refractivity contribution in [3.8, 4) is 11.5 Å². The van der Waals surface area contributed by atoms with Gasteiger partial charge in [0.1, 0.15) is 48.2 Å². The fourth-order valence-electron chi connectivity index (χ4n) is 7.81. The Morgan fingerprint density at radius 1 is 0.884 bits per heavy atom. The number of carbonyl (C=O) groups excluding carboxylic acids is 5. The number of anilines is 3. The largest absolute Gasteiger partial charge is 0.490 e. The first kappa shape index (κ1) is 48.3. The summed E-state index contributed by atoms with van der Waals surface area (Å²) in [5.74, 6) is -2.55. The molecule has 69 heavy (non-hydrogen) atoms. The van der Waals surface area contributed by atoms with Crippen LogP contribution in [0.3, 0.4) is 0 Å². The van der Waals surface area contributed by atoms with Gasteiger partial charge in [0.15, 0.2) is 0 Å². The molecule has 4 heterocycles. The third-order valence-electron chi connectivity index (χ3n) is 11.3. The summed E-state index contributed by atoms with van der Waals surface area (Å²) < 4.78 is 48.1. The normalized spacial score (nSPS) is 16.8. The fraction of sp³-hybridized carbons (Fsp3) is 0.340. The number of amides is 5. The average molecular weight is 970 g/mol. The van der Waals surface area contributed by atoms with Gasteiger partial charge in [-0.1, -0.05) is 29.8 Å². The summed E-state index contributed by atoms with van der Waals surface area (Å²) in [6, 6.07) is 16.4. The average Bonchev–Trinajstić information content (AvgIpc) is 3.95. The van der Waals surface area contributed by atoms with Crippen LogP contribution in [0.25, 0.3) is 10.9 Å². The monoisotopic (exact) mass is 969 g/mol. The van der Waals surface area contributed by atoms with Gasteiger partial charge in [0, 0.05) is 42.1 Å². The zero-order valence-corrected chi connectivity index (χ0v) is 37.6. The number of hydrogen-bond acceptors (Lipinski definition) is 16. The number of benzene rings is 4. The number of nitrogens with one attached hydrogen (secondary N) is 2. The van der Waals surface area contributed by atoms with E-state index in [2.05, 4.69) is 20.6 Å². The molecule has 3 aliphatic heterocycles. The molecule has 8 rings (SSSR count). The number of likely N-dealkylation sites (tertiary alicyclic amines) is 1. The molecule has 2 fully saturated rings. The lowest BCUT2D eigenvalue weighted by molar-refractivity contribution is -0.384. The maximum atomic E-state index is 13.8. The third-order valence-corrected chi connectivity index (χ3v) is 11.6. The zero-order valence-electron chi connectivity index (χ0n) is 36.9. The Kier molecular flexibility index (Phi) is 15.6. The Labute approximate surface area is 398 Å². The van der Waals surface area contributed by atoms with Crippen LogP contribution in [0.1, 0.15) is 52.0 Å². The van der Waals surface area contributed by atoms with Gasteiger partial charge in [0.2, 0.25) is 11.8 Å². The van der Waals surface area contributed by atoms with Gasteiger partial charge >= 0.3 is 0 Å². The van der Waals surface area contributed by atoms with E-state index in [4.69, 9.17) is 40.0 Å². The third kappa shape index (κ3) is 11.6. The van der Waals surface area contributed by atoms with Crippen molar-refractivity contribution in [2.24, 2.45) is 0 Å². The number of nitrogens with zero attached hydrogens (tertiary/aromatic N) is 5. The number of fused-ring (bicyclic) bond motifs is 2. The van der Waals surface area contributed by atoms with E-state index in [1.54, 1.807) is 18.2 Å².